The molecule has 1 aliphatic heterocycles. The summed E-state index contributed by atoms with van der Waals surface area (Å²) in [6.45, 7) is 2.15. The average molecular weight is 330 g/mol. The van der Waals surface area contributed by atoms with Crippen LogP contribution in [0, 0.1) is 12.7 Å². The number of amides is 1. The molecule has 1 aromatic heterocycles. The van der Waals surface area contributed by atoms with Gasteiger partial charge in [-0.1, -0.05) is 12.1 Å². The van der Waals surface area contributed by atoms with Crippen molar-refractivity contribution < 1.29 is 19.1 Å². The molecule has 5 nitrogen and oxygen atoms in total. The standard InChI is InChI=1S/C18H19FN2O3/c1-12-2-3-13(16(19)8-12)9-15-11-20-10-14-4-5-21(24-7-6-22)18(23)17(14)15/h2-3,8,10-11,22H,4-7,9H2,1H3. The summed E-state index contributed by atoms with van der Waals surface area (Å²) in [4.78, 5) is 22.1. The van der Waals surface area contributed by atoms with Crippen LogP contribution in [0.3, 0.4) is 0 Å². The maximum atomic E-state index is 14.1. The Kier molecular flexibility index (Phi) is 4.87. The normalized spacial score (nSPS) is 14.0. The number of hydrogen-bond acceptors (Lipinski definition) is 4. The number of benzene rings is 1. The number of carbonyl (C=O) groups is 1. The highest BCUT2D eigenvalue weighted by Crippen LogP contribution is 2.25. The second-order valence-corrected chi connectivity index (χ2v) is 5.82. The molecule has 1 aliphatic rings. The molecule has 0 saturated heterocycles. The Morgan fingerprint density at radius 2 is 2.17 bits per heavy atom. The van der Waals surface area contributed by atoms with E-state index in [0.29, 0.717) is 36.1 Å². The molecule has 0 atom stereocenters. The molecule has 1 aromatic carbocycles. The molecular formula is C18H19FN2O3. The molecule has 1 amide bonds. The van der Waals surface area contributed by atoms with E-state index in [9.17, 15) is 9.18 Å². The van der Waals surface area contributed by atoms with Gasteiger partial charge in [0.05, 0.1) is 25.3 Å². The van der Waals surface area contributed by atoms with Crippen LogP contribution in [0.2, 0.25) is 0 Å². The number of rotatable bonds is 5. The Labute approximate surface area is 139 Å². The third kappa shape index (κ3) is 3.29. The zero-order chi connectivity index (χ0) is 17.1. The Bertz CT molecular complexity index is 764. The van der Waals surface area contributed by atoms with Crippen LogP contribution in [0.25, 0.3) is 0 Å². The molecule has 0 bridgehead atoms. The van der Waals surface area contributed by atoms with Crippen LogP contribution in [0.1, 0.15) is 32.6 Å². The number of halogens is 1. The van der Waals surface area contributed by atoms with E-state index in [-0.39, 0.29) is 24.9 Å². The second-order valence-electron chi connectivity index (χ2n) is 5.82. The summed E-state index contributed by atoms with van der Waals surface area (Å²) in [6, 6.07) is 5.06. The molecule has 2 aromatic rings. The molecule has 2 heterocycles. The van der Waals surface area contributed by atoms with Crippen molar-refractivity contribution in [1.29, 1.82) is 0 Å². The van der Waals surface area contributed by atoms with Gasteiger partial charge < -0.3 is 5.11 Å². The van der Waals surface area contributed by atoms with Gasteiger partial charge in [-0.25, -0.2) is 9.45 Å². The van der Waals surface area contributed by atoms with Crippen molar-refractivity contribution in [3.8, 4) is 0 Å². The van der Waals surface area contributed by atoms with Crippen LogP contribution < -0.4 is 0 Å². The zero-order valence-corrected chi connectivity index (χ0v) is 13.5. The van der Waals surface area contributed by atoms with E-state index < -0.39 is 0 Å². The van der Waals surface area contributed by atoms with Gasteiger partial charge >= 0.3 is 0 Å². The topological polar surface area (TPSA) is 62.7 Å². The summed E-state index contributed by atoms with van der Waals surface area (Å²) in [5, 5.41) is 10.1. The molecule has 0 spiro atoms. The predicted molar refractivity (Wildman–Crippen MR) is 86.0 cm³/mol. The molecule has 0 unspecified atom stereocenters. The molecule has 0 radical (unpaired) electrons. The maximum absolute atomic E-state index is 14.1. The van der Waals surface area contributed by atoms with E-state index in [4.69, 9.17) is 9.94 Å². The summed E-state index contributed by atoms with van der Waals surface area (Å²) < 4.78 is 14.1. The summed E-state index contributed by atoms with van der Waals surface area (Å²) in [6.07, 6.45) is 4.18. The fourth-order valence-corrected chi connectivity index (χ4v) is 2.87. The van der Waals surface area contributed by atoms with Crippen molar-refractivity contribution in [2.45, 2.75) is 19.8 Å². The number of hydroxylamine groups is 2. The first-order valence-electron chi connectivity index (χ1n) is 7.86. The largest absolute Gasteiger partial charge is 0.394 e. The highest BCUT2D eigenvalue weighted by molar-refractivity contribution is 5.97. The van der Waals surface area contributed by atoms with Crippen LogP contribution >= 0.6 is 0 Å². The predicted octanol–water partition coefficient (Wildman–Crippen LogP) is 2.04. The lowest BCUT2D eigenvalue weighted by molar-refractivity contribution is -0.132. The molecule has 0 fully saturated rings. The molecule has 1 N–H and O–H groups in total. The molecule has 0 saturated carbocycles. The second kappa shape index (κ2) is 7.07. The van der Waals surface area contributed by atoms with Crippen LogP contribution in [-0.2, 0) is 17.7 Å². The summed E-state index contributed by atoms with van der Waals surface area (Å²) >= 11 is 0. The van der Waals surface area contributed by atoms with Crippen molar-refractivity contribution in [3.63, 3.8) is 0 Å². The van der Waals surface area contributed by atoms with Gasteiger partial charge in [0.1, 0.15) is 5.82 Å². The average Bonchev–Trinajstić information content (AvgIpc) is 2.57. The number of pyridine rings is 1. The quantitative estimate of drug-likeness (QED) is 0.911. The lowest BCUT2D eigenvalue weighted by Gasteiger charge is -2.28. The van der Waals surface area contributed by atoms with Gasteiger partial charge in [0.15, 0.2) is 0 Å². The Morgan fingerprint density at radius 1 is 1.33 bits per heavy atom. The Balaban J connectivity index is 1.92. The summed E-state index contributed by atoms with van der Waals surface area (Å²) in [7, 11) is 0. The van der Waals surface area contributed by atoms with Gasteiger partial charge in [-0.15, -0.1) is 0 Å². The van der Waals surface area contributed by atoms with Crippen molar-refractivity contribution in [3.05, 3.63) is 64.2 Å². The van der Waals surface area contributed by atoms with E-state index in [1.807, 2.05) is 13.0 Å². The van der Waals surface area contributed by atoms with Crippen molar-refractivity contribution in [2.24, 2.45) is 0 Å². The molecule has 126 valence electrons. The monoisotopic (exact) mass is 330 g/mol. The highest BCUT2D eigenvalue weighted by Gasteiger charge is 2.28. The molecule has 0 aliphatic carbocycles. The van der Waals surface area contributed by atoms with E-state index in [1.165, 1.54) is 11.1 Å². The van der Waals surface area contributed by atoms with E-state index in [0.717, 1.165) is 11.1 Å². The molecule has 3 rings (SSSR count). The maximum Gasteiger partial charge on any atom is 0.278 e. The lowest BCUT2D eigenvalue weighted by Crippen LogP contribution is -2.39. The van der Waals surface area contributed by atoms with Crippen molar-refractivity contribution in [2.75, 3.05) is 19.8 Å². The van der Waals surface area contributed by atoms with E-state index in [1.54, 1.807) is 18.5 Å². The summed E-state index contributed by atoms with van der Waals surface area (Å²) in [5.74, 6) is -0.557. The first-order chi connectivity index (χ1) is 11.6. The number of carbonyl (C=O) groups excluding carboxylic acids is 1. The molecule has 24 heavy (non-hydrogen) atoms. The van der Waals surface area contributed by atoms with Crippen LogP contribution in [0.5, 0.6) is 0 Å². The van der Waals surface area contributed by atoms with E-state index in [2.05, 4.69) is 4.98 Å². The first-order valence-corrected chi connectivity index (χ1v) is 7.86. The number of aromatic nitrogens is 1. The van der Waals surface area contributed by atoms with Gasteiger partial charge in [0, 0.05) is 18.8 Å². The summed E-state index contributed by atoms with van der Waals surface area (Å²) in [5.41, 5.74) is 3.42. The molecule has 6 heteroatoms. The number of fused-ring (bicyclic) bond motifs is 1. The van der Waals surface area contributed by atoms with Gasteiger partial charge in [-0.05, 0) is 41.7 Å². The minimum atomic E-state index is -0.288. The zero-order valence-electron chi connectivity index (χ0n) is 13.5. The van der Waals surface area contributed by atoms with Crippen LogP contribution in [0.15, 0.2) is 30.6 Å². The fourth-order valence-electron chi connectivity index (χ4n) is 2.87. The number of aryl methyl sites for hydroxylation is 1. The SMILES string of the molecule is Cc1ccc(Cc2cncc3c2C(=O)N(OCCO)CC3)c(F)c1. The minimum Gasteiger partial charge on any atom is -0.394 e. The number of aliphatic hydroxyl groups is 1. The number of aliphatic hydroxyl groups excluding tert-OH is 1. The molecular weight excluding hydrogens is 311 g/mol. The van der Waals surface area contributed by atoms with Gasteiger partial charge in [-0.2, -0.15) is 0 Å². The van der Waals surface area contributed by atoms with Crippen molar-refractivity contribution in [1.82, 2.24) is 10.0 Å². The number of nitrogens with zero attached hydrogens (tertiary/aromatic N) is 2. The highest BCUT2D eigenvalue weighted by atomic mass is 19.1. The lowest BCUT2D eigenvalue weighted by atomic mass is 9.93. The number of hydrogen-bond donors (Lipinski definition) is 1. The Hall–Kier alpha value is -2.31. The van der Waals surface area contributed by atoms with Crippen LogP contribution in [-0.4, -0.2) is 40.8 Å². The third-order valence-electron chi connectivity index (χ3n) is 4.06. The Morgan fingerprint density at radius 3 is 2.92 bits per heavy atom. The first kappa shape index (κ1) is 16.5. The fraction of sp³-hybridized carbons (Fsp3) is 0.333. The van der Waals surface area contributed by atoms with Crippen molar-refractivity contribution >= 4 is 5.91 Å². The van der Waals surface area contributed by atoms with Gasteiger partial charge in [-0.3, -0.25) is 14.6 Å². The van der Waals surface area contributed by atoms with E-state index >= 15 is 0 Å². The third-order valence-corrected chi connectivity index (χ3v) is 4.06. The van der Waals surface area contributed by atoms with Gasteiger partial charge in [0.25, 0.3) is 5.91 Å². The van der Waals surface area contributed by atoms with Gasteiger partial charge in [0.2, 0.25) is 0 Å². The smallest absolute Gasteiger partial charge is 0.278 e. The minimum absolute atomic E-state index is 0.0636. The van der Waals surface area contributed by atoms with Crippen LogP contribution in [0.4, 0.5) is 4.39 Å².